The van der Waals surface area contributed by atoms with Crippen molar-refractivity contribution in [3.05, 3.63) is 91.8 Å². The van der Waals surface area contributed by atoms with E-state index in [0.717, 1.165) is 85.9 Å². The predicted molar refractivity (Wildman–Crippen MR) is 224 cm³/mol. The molecule has 5 heterocycles. The van der Waals surface area contributed by atoms with Gasteiger partial charge in [0.05, 0.1) is 53.7 Å². The quantitative estimate of drug-likeness (QED) is 0.131. The number of anilines is 1. The van der Waals surface area contributed by atoms with Gasteiger partial charge in [-0.1, -0.05) is 29.3 Å². The second-order valence-corrected chi connectivity index (χ2v) is 15.9. The number of aromatic nitrogens is 5. The summed E-state index contributed by atoms with van der Waals surface area (Å²) in [7, 11) is 1.93. The van der Waals surface area contributed by atoms with E-state index < -0.39 is 5.97 Å². The molecule has 1 fully saturated rings. The summed E-state index contributed by atoms with van der Waals surface area (Å²) in [5.74, 6) is 0.106. The van der Waals surface area contributed by atoms with Crippen LogP contribution in [0.3, 0.4) is 0 Å². The summed E-state index contributed by atoms with van der Waals surface area (Å²) in [5.41, 5.74) is 8.88. The summed E-state index contributed by atoms with van der Waals surface area (Å²) in [6.45, 7) is 13.7. The van der Waals surface area contributed by atoms with Crippen LogP contribution in [0.2, 0.25) is 10.0 Å². The van der Waals surface area contributed by atoms with Crippen molar-refractivity contribution >= 4 is 62.7 Å². The number of fused-ring (bicyclic) bond motifs is 4. The number of benzene rings is 3. The van der Waals surface area contributed by atoms with Gasteiger partial charge in [-0.2, -0.15) is 10.2 Å². The number of ether oxygens (including phenoxy) is 2. The van der Waals surface area contributed by atoms with Crippen LogP contribution in [0.25, 0.3) is 32.9 Å². The number of aromatic carboxylic acids is 1. The second-order valence-electron chi connectivity index (χ2n) is 15.1. The van der Waals surface area contributed by atoms with Crippen LogP contribution in [-0.2, 0) is 31.3 Å². The molecule has 6 aromatic rings. The maximum Gasteiger partial charge on any atom is 0.335 e. The van der Waals surface area contributed by atoms with Crippen LogP contribution in [0.15, 0.2) is 42.5 Å². The van der Waals surface area contributed by atoms with Gasteiger partial charge < -0.3 is 19.1 Å². The number of halogens is 2. The Morgan fingerprint density at radius 3 is 2.35 bits per heavy atom. The van der Waals surface area contributed by atoms with E-state index in [9.17, 15) is 9.90 Å². The second kappa shape index (κ2) is 15.8. The Labute approximate surface area is 341 Å². The van der Waals surface area contributed by atoms with Gasteiger partial charge in [0.15, 0.2) is 5.82 Å². The van der Waals surface area contributed by atoms with Crippen molar-refractivity contribution in [3.8, 4) is 16.9 Å². The number of rotatable bonds is 11. The van der Waals surface area contributed by atoms with Crippen molar-refractivity contribution in [1.29, 1.82) is 0 Å². The zero-order chi connectivity index (χ0) is 40.1. The zero-order valence-electron chi connectivity index (χ0n) is 33.0. The predicted octanol–water partition coefficient (Wildman–Crippen LogP) is 8.02. The molecule has 0 spiro atoms. The van der Waals surface area contributed by atoms with Crippen LogP contribution < -0.4 is 9.64 Å². The molecule has 57 heavy (non-hydrogen) atoms. The minimum Gasteiger partial charge on any atom is -0.494 e. The van der Waals surface area contributed by atoms with Crippen LogP contribution in [0.4, 0.5) is 5.82 Å². The molecule has 298 valence electrons. The van der Waals surface area contributed by atoms with E-state index >= 15 is 4.79 Å². The van der Waals surface area contributed by atoms with Gasteiger partial charge in [-0.15, -0.1) is 0 Å². The highest BCUT2D eigenvalue weighted by Crippen LogP contribution is 2.43. The molecule has 0 bridgehead atoms. The minimum atomic E-state index is -1.02. The molecule has 0 radical (unpaired) electrons. The Balaban J connectivity index is 1.23. The molecular formula is C43H47Cl2N7O5. The largest absolute Gasteiger partial charge is 0.494 e. The molecule has 1 amide bonds. The highest BCUT2D eigenvalue weighted by molar-refractivity contribution is 6.35. The monoisotopic (exact) mass is 811 g/mol. The number of carbonyl (C=O) groups excluding carboxylic acids is 1. The summed E-state index contributed by atoms with van der Waals surface area (Å²) < 4.78 is 17.7. The zero-order valence-corrected chi connectivity index (χ0v) is 34.5. The van der Waals surface area contributed by atoms with E-state index in [1.807, 2.05) is 68.4 Å². The first-order chi connectivity index (χ1) is 27.4. The number of carboxylic acids is 1. The molecule has 2 aliphatic heterocycles. The average molecular weight is 813 g/mol. The molecule has 0 unspecified atom stereocenters. The Hall–Kier alpha value is -4.88. The molecular weight excluding hydrogens is 765 g/mol. The van der Waals surface area contributed by atoms with Crippen molar-refractivity contribution in [2.75, 3.05) is 50.9 Å². The first kappa shape index (κ1) is 39.0. The number of carbonyl (C=O) groups is 2. The summed E-state index contributed by atoms with van der Waals surface area (Å²) in [5, 5.41) is 22.8. The standard InChI is InChI=1S/C43H47Cl2N7O5/c1-25-22-30(23-26(2)38(25)45)57-19-6-8-31-32-11-12-34(44)37(36-27(3)46-48(5)28(36)4)39(32)50-13-7-14-51(42(53)40(31)50)41-33-10-9-29(43(54)55)24-35(33)52(47-41)16-15-49-17-20-56-21-18-49/h9-12,22-24H,6-8,13-21H2,1-5H3,(H,54,55). The fourth-order valence-corrected chi connectivity index (χ4v) is 8.91. The van der Waals surface area contributed by atoms with Gasteiger partial charge in [0.2, 0.25) is 0 Å². The van der Waals surface area contributed by atoms with Gasteiger partial charge in [-0.3, -0.25) is 24.0 Å². The number of aryl methyl sites for hydroxylation is 6. The van der Waals surface area contributed by atoms with Crippen molar-refractivity contribution in [3.63, 3.8) is 0 Å². The molecule has 8 rings (SSSR count). The van der Waals surface area contributed by atoms with Crippen LogP contribution in [-0.4, -0.2) is 92.0 Å². The topological polar surface area (TPSA) is 120 Å². The lowest BCUT2D eigenvalue weighted by atomic mass is 9.98. The Kier molecular flexibility index (Phi) is 10.8. The van der Waals surface area contributed by atoms with E-state index in [-0.39, 0.29) is 11.5 Å². The molecule has 0 saturated carbocycles. The van der Waals surface area contributed by atoms with Crippen molar-refractivity contribution in [2.24, 2.45) is 7.05 Å². The minimum absolute atomic E-state index is 0.160. The first-order valence-electron chi connectivity index (χ1n) is 19.5. The molecule has 0 aliphatic carbocycles. The highest BCUT2D eigenvalue weighted by atomic mass is 35.5. The third kappa shape index (κ3) is 7.17. The van der Waals surface area contributed by atoms with Crippen molar-refractivity contribution < 1.29 is 24.2 Å². The lowest BCUT2D eigenvalue weighted by molar-refractivity contribution is 0.0361. The third-order valence-electron chi connectivity index (χ3n) is 11.5. The molecule has 14 heteroatoms. The molecule has 1 N–H and O–H groups in total. The average Bonchev–Trinajstić information content (AvgIpc) is 3.75. The van der Waals surface area contributed by atoms with Gasteiger partial charge in [-0.05, 0) is 100 Å². The molecule has 1 saturated heterocycles. The number of morpholine rings is 1. The van der Waals surface area contributed by atoms with Gasteiger partial charge in [0, 0.05) is 72.4 Å². The van der Waals surface area contributed by atoms with Crippen LogP contribution in [0.5, 0.6) is 5.75 Å². The van der Waals surface area contributed by atoms with E-state index in [4.69, 9.17) is 42.9 Å². The number of nitrogens with zero attached hydrogens (tertiary/aromatic N) is 7. The van der Waals surface area contributed by atoms with Gasteiger partial charge in [0.1, 0.15) is 11.4 Å². The maximum atomic E-state index is 15.3. The van der Waals surface area contributed by atoms with Gasteiger partial charge >= 0.3 is 5.97 Å². The Morgan fingerprint density at radius 1 is 0.912 bits per heavy atom. The van der Waals surface area contributed by atoms with Crippen molar-refractivity contribution in [1.82, 2.24) is 29.0 Å². The Morgan fingerprint density at radius 2 is 1.65 bits per heavy atom. The fraction of sp³-hybridized carbons (Fsp3) is 0.395. The number of hydrogen-bond acceptors (Lipinski definition) is 7. The molecule has 3 aromatic carbocycles. The van der Waals surface area contributed by atoms with Gasteiger partial charge in [-0.25, -0.2) is 4.79 Å². The van der Waals surface area contributed by atoms with Crippen LogP contribution in [0.1, 0.15) is 61.8 Å². The molecule has 2 aliphatic rings. The lowest BCUT2D eigenvalue weighted by Gasteiger charge is -2.26. The third-order valence-corrected chi connectivity index (χ3v) is 12.4. The van der Waals surface area contributed by atoms with E-state index in [1.165, 1.54) is 0 Å². The summed E-state index contributed by atoms with van der Waals surface area (Å²) >= 11 is 13.6. The van der Waals surface area contributed by atoms with Crippen LogP contribution in [0, 0.1) is 27.7 Å². The van der Waals surface area contributed by atoms with Gasteiger partial charge in [0.25, 0.3) is 5.91 Å². The number of carboxylic acid groups (broad SMARTS) is 1. The van der Waals surface area contributed by atoms with E-state index in [1.54, 1.807) is 23.1 Å². The molecule has 12 nitrogen and oxygen atoms in total. The first-order valence-corrected chi connectivity index (χ1v) is 20.3. The summed E-state index contributed by atoms with van der Waals surface area (Å²) in [6.07, 6.45) is 1.89. The smallest absolute Gasteiger partial charge is 0.335 e. The van der Waals surface area contributed by atoms with E-state index in [0.29, 0.717) is 80.8 Å². The highest BCUT2D eigenvalue weighted by Gasteiger charge is 2.34. The normalized spacial score (nSPS) is 15.1. The fourth-order valence-electron chi connectivity index (χ4n) is 8.55. The summed E-state index contributed by atoms with van der Waals surface area (Å²) in [4.78, 5) is 31.5. The maximum absolute atomic E-state index is 15.3. The van der Waals surface area contributed by atoms with E-state index in [2.05, 4.69) is 9.47 Å². The van der Waals surface area contributed by atoms with Crippen LogP contribution >= 0.6 is 23.2 Å². The lowest BCUT2D eigenvalue weighted by Crippen LogP contribution is -2.38. The molecule has 0 atom stereocenters. The molecule has 3 aromatic heterocycles. The van der Waals surface area contributed by atoms with Crippen molar-refractivity contribution in [2.45, 2.75) is 60.0 Å². The number of hydrogen-bond donors (Lipinski definition) is 1. The number of amides is 1. The SMILES string of the molecule is Cc1cc(OCCCc2c3n(c4c(-c5c(C)nn(C)c5C)c(Cl)ccc24)CCCN(c2nn(CCN4CCOCC4)c4cc(C(=O)O)ccc24)C3=O)cc(C)c1Cl. The summed E-state index contributed by atoms with van der Waals surface area (Å²) in [6, 6.07) is 12.9. The Bertz CT molecular complexity index is 2530.